The van der Waals surface area contributed by atoms with Crippen LogP contribution in [0.1, 0.15) is 114 Å². The molecule has 4 aliphatic rings. The Morgan fingerprint density at radius 1 is 0.957 bits per heavy atom. The van der Waals surface area contributed by atoms with Crippen LogP contribution in [0.4, 0.5) is 5.69 Å². The van der Waals surface area contributed by atoms with Gasteiger partial charge in [0.1, 0.15) is 35.1 Å². The van der Waals surface area contributed by atoms with Gasteiger partial charge in [-0.2, -0.15) is 12.7 Å². The van der Waals surface area contributed by atoms with Crippen LogP contribution in [0.5, 0.6) is 0 Å². The Labute approximate surface area is 420 Å². The molecule has 0 amide bonds. The molecule has 0 bridgehead atoms. The Morgan fingerprint density at radius 3 is 2.22 bits per heavy atom. The van der Waals surface area contributed by atoms with Gasteiger partial charge >= 0.3 is 16.2 Å². The number of benzene rings is 1. The highest BCUT2D eigenvalue weighted by molar-refractivity contribution is 7.90. The Hall–Kier alpha value is -1.50. The Bertz CT molecular complexity index is 1970. The highest BCUT2D eigenvalue weighted by Crippen LogP contribution is 2.44. The minimum Gasteiger partial charge on any atom is -0.459 e. The van der Waals surface area contributed by atoms with Crippen molar-refractivity contribution in [1.82, 2.24) is 14.5 Å². The summed E-state index contributed by atoms with van der Waals surface area (Å²) in [5, 5.41) is 64.3. The van der Waals surface area contributed by atoms with Gasteiger partial charge < -0.3 is 64.2 Å². The summed E-state index contributed by atoms with van der Waals surface area (Å²) < 4.78 is 70.0. The van der Waals surface area contributed by atoms with Crippen molar-refractivity contribution in [2.24, 2.45) is 17.8 Å². The Morgan fingerprint density at radius 2 is 1.61 bits per heavy atom. The van der Waals surface area contributed by atoms with E-state index in [1.165, 1.54) is 39.3 Å². The maximum Gasteiger partial charge on any atom is 0.311 e. The van der Waals surface area contributed by atoms with E-state index in [-0.39, 0.29) is 53.9 Å². The van der Waals surface area contributed by atoms with Crippen molar-refractivity contribution in [1.29, 1.82) is 0 Å². The Kier molecular flexibility index (Phi) is 19.8. The molecule has 4 saturated heterocycles. The first kappa shape index (κ1) is 58.4. The van der Waals surface area contributed by atoms with Gasteiger partial charge in [0.2, 0.25) is 0 Å². The fourth-order valence-corrected chi connectivity index (χ4v) is 12.4. The molecule has 0 unspecified atom stereocenters. The van der Waals surface area contributed by atoms with Crippen LogP contribution in [0.3, 0.4) is 0 Å². The van der Waals surface area contributed by atoms with Gasteiger partial charge in [0, 0.05) is 39.1 Å². The van der Waals surface area contributed by atoms with Crippen molar-refractivity contribution in [3.63, 3.8) is 0 Å². The first-order chi connectivity index (χ1) is 32.0. The molecule has 18 nitrogen and oxygen atoms in total. The number of aliphatic hydroxyl groups is 5. The number of carbonyl (C=O) groups is 1. The van der Waals surface area contributed by atoms with Crippen molar-refractivity contribution in [2.45, 2.75) is 204 Å². The molecule has 7 N–H and O–H groups in total. The number of aliphatic hydroxyl groups excluding tert-OH is 2. The molecule has 0 aliphatic carbocycles. The molecular formula is C48H82Cl2N4O14S. The largest absolute Gasteiger partial charge is 0.459 e. The predicted octanol–water partition coefficient (Wildman–Crippen LogP) is 4.45. The van der Waals surface area contributed by atoms with Gasteiger partial charge in [0.05, 0.1) is 57.7 Å². The normalized spacial score (nSPS) is 42.9. The summed E-state index contributed by atoms with van der Waals surface area (Å²) >= 11 is 12.3. The highest BCUT2D eigenvalue weighted by Gasteiger charge is 2.59. The molecule has 0 radical (unpaired) electrons. The van der Waals surface area contributed by atoms with Gasteiger partial charge in [-0.05, 0) is 124 Å². The summed E-state index contributed by atoms with van der Waals surface area (Å²) in [5.41, 5.74) is -6.18. The molecule has 0 aromatic heterocycles. The number of ether oxygens (including phenoxy) is 6. The molecule has 0 spiro atoms. The van der Waals surface area contributed by atoms with Crippen LogP contribution in [0.15, 0.2) is 18.2 Å². The number of β-amino-alcohol motifs (C(OH)–C–C–N with tert-alkyl or cyclic N) is 1. The van der Waals surface area contributed by atoms with Crippen LogP contribution < -0.4 is 10.0 Å². The lowest BCUT2D eigenvalue weighted by molar-refractivity contribution is -0.339. The van der Waals surface area contributed by atoms with Gasteiger partial charge in [0.25, 0.3) is 0 Å². The van der Waals surface area contributed by atoms with Crippen LogP contribution in [-0.4, -0.2) is 179 Å². The van der Waals surface area contributed by atoms with Crippen molar-refractivity contribution in [3.8, 4) is 0 Å². The SMILES string of the molecule is CC[C@H]1OC(=O)[C@H](C)[C@@H](O[C@H]2C[C@@](C)(OC)[C@](O)(CN3CCCCC3)[C@H](C)O2)[C@H](C)[C@@H](O[C@H]2O[C@@H](C)C[C@@H](N(C)S(=O)(=O)Nc3ccc(Cl)c(Cl)c3)[C@@H]2O)[C@](C)(O)C[C@@H](C)CN[C@H](C)[C@@H](O)[C@]1(C)O. The van der Waals surface area contributed by atoms with E-state index in [1.54, 1.807) is 48.5 Å². The van der Waals surface area contributed by atoms with E-state index in [1.807, 2.05) is 13.8 Å². The van der Waals surface area contributed by atoms with E-state index in [0.29, 0.717) is 6.54 Å². The molecular weight excluding hydrogens is 960 g/mol. The summed E-state index contributed by atoms with van der Waals surface area (Å²) in [6.45, 7) is 19.2. The fraction of sp³-hybridized carbons (Fsp3) is 0.854. The van der Waals surface area contributed by atoms with Gasteiger partial charge in [-0.1, -0.05) is 50.4 Å². The zero-order valence-electron chi connectivity index (χ0n) is 42.6. The molecule has 21 heteroatoms. The van der Waals surface area contributed by atoms with Gasteiger partial charge in [0.15, 0.2) is 12.6 Å². The predicted molar refractivity (Wildman–Crippen MR) is 262 cm³/mol. The molecule has 1 aromatic rings. The number of carbonyl (C=O) groups excluding carboxylic acids is 1. The molecule has 69 heavy (non-hydrogen) atoms. The molecule has 4 fully saturated rings. The summed E-state index contributed by atoms with van der Waals surface area (Å²) in [5.74, 6) is -3.19. The fourth-order valence-electron chi connectivity index (χ4n) is 11.0. The standard InChI is InChI=1S/C48H82Cl2N4O14S/c1-13-37-47(10,59)41(56)31(6)51-25-27(2)23-45(8,58)42(68-44-39(55)36(21-28(3)64-44)53(11)69(61,62)52-33-17-18-34(49)35(50)22-33)29(4)40(30(5)43(57)66-37)67-38-24-46(9,63-12)48(60,32(7)65-38)26-54-19-15-14-16-20-54/h17-18,22,27-32,36-42,44,51-52,55-56,58-60H,13-16,19-21,23-26H2,1-12H3/t27-,28+,29+,30-,31-,32+,36-,37-,38+,39+,40+,41-,42-,44-,45-,46-,47-,48+/m1/s1. The summed E-state index contributed by atoms with van der Waals surface area (Å²) in [6.07, 6.45) is -7.23. The maximum absolute atomic E-state index is 14.6. The monoisotopic (exact) mass is 1040 g/mol. The van der Waals surface area contributed by atoms with Crippen molar-refractivity contribution in [2.75, 3.05) is 45.1 Å². The quantitative estimate of drug-likeness (QED) is 0.143. The number of anilines is 1. The number of cyclic esters (lactones) is 1. The van der Waals surface area contributed by atoms with Crippen LogP contribution in [0, 0.1) is 17.8 Å². The van der Waals surface area contributed by atoms with Crippen molar-refractivity contribution < 1.29 is 67.2 Å². The van der Waals surface area contributed by atoms with Crippen molar-refractivity contribution in [3.05, 3.63) is 28.2 Å². The molecule has 1 aromatic carbocycles. The van der Waals surface area contributed by atoms with Crippen LogP contribution in [-0.2, 0) is 43.4 Å². The third-order valence-corrected chi connectivity index (χ3v) is 17.7. The topological polar surface area (TPSA) is 238 Å². The maximum atomic E-state index is 14.6. The number of nitrogens with zero attached hydrogens (tertiary/aromatic N) is 2. The molecule has 4 heterocycles. The van der Waals surface area contributed by atoms with Crippen LogP contribution in [0.2, 0.25) is 10.0 Å². The molecule has 398 valence electrons. The summed E-state index contributed by atoms with van der Waals surface area (Å²) in [4.78, 5) is 16.8. The van der Waals surface area contributed by atoms with E-state index in [9.17, 15) is 38.7 Å². The van der Waals surface area contributed by atoms with Crippen molar-refractivity contribution >= 4 is 45.1 Å². The van der Waals surface area contributed by atoms with Crippen LogP contribution >= 0.6 is 23.2 Å². The lowest BCUT2D eigenvalue weighted by Gasteiger charge is -2.55. The van der Waals surface area contributed by atoms with E-state index in [0.717, 1.165) is 36.7 Å². The van der Waals surface area contributed by atoms with Gasteiger partial charge in [-0.15, -0.1) is 0 Å². The number of nitrogens with one attached hydrogen (secondary N) is 2. The van der Waals surface area contributed by atoms with E-state index in [4.69, 9.17) is 51.6 Å². The Balaban J connectivity index is 1.55. The van der Waals surface area contributed by atoms with Gasteiger partial charge in [-0.3, -0.25) is 9.52 Å². The van der Waals surface area contributed by atoms with Crippen LogP contribution in [0.25, 0.3) is 0 Å². The van der Waals surface area contributed by atoms with E-state index >= 15 is 0 Å². The smallest absolute Gasteiger partial charge is 0.311 e. The van der Waals surface area contributed by atoms with Gasteiger partial charge in [-0.25, -0.2) is 0 Å². The third kappa shape index (κ3) is 13.2. The minimum atomic E-state index is -4.33. The average Bonchev–Trinajstić information content (AvgIpc) is 3.28. The summed E-state index contributed by atoms with van der Waals surface area (Å²) in [6, 6.07) is 2.51. The number of likely N-dealkylation sites (tertiary alicyclic amines) is 1. The number of rotatable bonds is 12. The van der Waals surface area contributed by atoms with E-state index in [2.05, 4.69) is 14.9 Å². The average molecular weight is 1040 g/mol. The highest BCUT2D eigenvalue weighted by atomic mass is 35.5. The van der Waals surface area contributed by atoms with E-state index < -0.39 is 118 Å². The number of hydrogen-bond acceptors (Lipinski definition) is 16. The minimum absolute atomic E-state index is 0.0326. The number of piperidine rings is 1. The second-order valence-corrected chi connectivity index (χ2v) is 23.7. The second kappa shape index (κ2) is 23.4. The molecule has 5 rings (SSSR count). The number of likely N-dealkylation sites (N-methyl/N-ethyl adjacent to an activating group) is 1. The number of esters is 1. The molecule has 18 atom stereocenters. The number of hydrogen-bond donors (Lipinski definition) is 7. The molecule has 4 aliphatic heterocycles. The zero-order valence-corrected chi connectivity index (χ0v) is 44.9. The second-order valence-electron chi connectivity index (χ2n) is 21.1. The number of halogens is 2. The molecule has 0 saturated carbocycles. The lowest BCUT2D eigenvalue weighted by Crippen LogP contribution is -2.70. The first-order valence-electron chi connectivity index (χ1n) is 24.6. The lowest BCUT2D eigenvalue weighted by atomic mass is 9.74. The zero-order chi connectivity index (χ0) is 51.6. The first-order valence-corrected chi connectivity index (χ1v) is 26.8. The number of methoxy groups -OCH3 is 1. The third-order valence-electron chi connectivity index (χ3n) is 15.5. The summed E-state index contributed by atoms with van der Waals surface area (Å²) in [7, 11) is -1.47.